The highest BCUT2D eigenvalue weighted by atomic mass is 35.5. The molecule has 0 unspecified atom stereocenters. The standard InChI is InChI=1S/C24H23ClF3N3O3S2/c1-15-6-7-18(12-20(15)25)36(33,34)31-10-8-16(9-11-31)23-30-21(14-35-23)22(32)29-13-17-4-2-3-5-19(17)24(26,27)28/h2-7,12,14,16H,8-11,13H2,1H3,(H,29,32). The van der Waals surface area contributed by atoms with E-state index in [1.807, 2.05) is 0 Å². The Kier molecular flexibility index (Phi) is 7.75. The highest BCUT2D eigenvalue weighted by Crippen LogP contribution is 2.34. The Morgan fingerprint density at radius 1 is 1.19 bits per heavy atom. The fourth-order valence-corrected chi connectivity index (χ4v) is 6.74. The van der Waals surface area contributed by atoms with Crippen molar-refractivity contribution in [3.8, 4) is 0 Å². The predicted octanol–water partition coefficient (Wildman–Crippen LogP) is 5.62. The summed E-state index contributed by atoms with van der Waals surface area (Å²) in [6.07, 6.45) is -3.44. The van der Waals surface area contributed by atoms with Crippen LogP contribution in [0.3, 0.4) is 0 Å². The van der Waals surface area contributed by atoms with Crippen molar-refractivity contribution >= 4 is 38.9 Å². The van der Waals surface area contributed by atoms with Gasteiger partial charge in [0.2, 0.25) is 10.0 Å². The molecule has 2 heterocycles. The lowest BCUT2D eigenvalue weighted by Gasteiger charge is -2.30. The predicted molar refractivity (Wildman–Crippen MR) is 132 cm³/mol. The van der Waals surface area contributed by atoms with Crippen LogP contribution in [0, 0.1) is 6.92 Å². The average molecular weight is 558 g/mol. The largest absolute Gasteiger partial charge is 0.416 e. The van der Waals surface area contributed by atoms with Crippen LogP contribution in [0.25, 0.3) is 0 Å². The molecule has 0 aliphatic carbocycles. The molecule has 2 aromatic carbocycles. The third kappa shape index (κ3) is 5.74. The van der Waals surface area contributed by atoms with E-state index < -0.39 is 27.7 Å². The second-order valence-electron chi connectivity index (χ2n) is 8.50. The van der Waals surface area contributed by atoms with Gasteiger partial charge in [-0.2, -0.15) is 17.5 Å². The molecular formula is C24H23ClF3N3O3S2. The molecule has 1 N–H and O–H groups in total. The van der Waals surface area contributed by atoms with Gasteiger partial charge in [0.25, 0.3) is 5.91 Å². The minimum absolute atomic E-state index is 0.0180. The summed E-state index contributed by atoms with van der Waals surface area (Å²) in [6, 6.07) is 9.75. The Labute approximate surface area is 216 Å². The molecule has 1 aliphatic heterocycles. The molecule has 192 valence electrons. The number of thiazole rings is 1. The Morgan fingerprint density at radius 3 is 2.56 bits per heavy atom. The molecular weight excluding hydrogens is 535 g/mol. The molecule has 0 spiro atoms. The van der Waals surface area contributed by atoms with E-state index in [1.54, 1.807) is 24.4 Å². The highest BCUT2D eigenvalue weighted by molar-refractivity contribution is 7.89. The monoisotopic (exact) mass is 557 g/mol. The number of nitrogens with one attached hydrogen (secondary N) is 1. The quantitative estimate of drug-likeness (QED) is 0.426. The maximum atomic E-state index is 13.2. The van der Waals surface area contributed by atoms with Crippen LogP contribution in [0.2, 0.25) is 5.02 Å². The van der Waals surface area contributed by atoms with Gasteiger partial charge in [-0.25, -0.2) is 13.4 Å². The van der Waals surface area contributed by atoms with Gasteiger partial charge in [0.15, 0.2) is 0 Å². The summed E-state index contributed by atoms with van der Waals surface area (Å²) in [7, 11) is -3.68. The SMILES string of the molecule is Cc1ccc(S(=O)(=O)N2CCC(c3nc(C(=O)NCc4ccccc4C(F)(F)F)cs3)CC2)cc1Cl. The van der Waals surface area contributed by atoms with Crippen molar-refractivity contribution < 1.29 is 26.4 Å². The van der Waals surface area contributed by atoms with E-state index in [4.69, 9.17) is 11.6 Å². The first-order valence-electron chi connectivity index (χ1n) is 11.1. The molecule has 0 saturated carbocycles. The van der Waals surface area contributed by atoms with Crippen molar-refractivity contribution in [2.45, 2.75) is 43.3 Å². The molecule has 12 heteroatoms. The molecule has 1 aliphatic rings. The van der Waals surface area contributed by atoms with Crippen molar-refractivity contribution in [2.24, 2.45) is 0 Å². The average Bonchev–Trinajstić information content (AvgIpc) is 3.34. The van der Waals surface area contributed by atoms with Gasteiger partial charge in [-0.05, 0) is 49.1 Å². The first kappa shape index (κ1) is 26.6. The fraction of sp³-hybridized carbons (Fsp3) is 0.333. The first-order valence-corrected chi connectivity index (χ1v) is 13.8. The van der Waals surface area contributed by atoms with E-state index in [1.165, 1.54) is 39.9 Å². The zero-order valence-electron chi connectivity index (χ0n) is 19.2. The van der Waals surface area contributed by atoms with Crippen LogP contribution < -0.4 is 5.32 Å². The Balaban J connectivity index is 1.37. The number of carbonyl (C=O) groups is 1. The first-order chi connectivity index (χ1) is 17.0. The summed E-state index contributed by atoms with van der Waals surface area (Å²) < 4.78 is 66.9. The van der Waals surface area contributed by atoms with Crippen LogP contribution in [0.1, 0.15) is 50.9 Å². The minimum atomic E-state index is -4.51. The number of carbonyl (C=O) groups excluding carboxylic acids is 1. The zero-order valence-corrected chi connectivity index (χ0v) is 21.6. The van der Waals surface area contributed by atoms with Gasteiger partial charge in [0, 0.05) is 36.0 Å². The molecule has 1 fully saturated rings. The van der Waals surface area contributed by atoms with Crippen LogP contribution in [0.4, 0.5) is 13.2 Å². The molecule has 3 aromatic rings. The van der Waals surface area contributed by atoms with Crippen LogP contribution in [0.5, 0.6) is 0 Å². The van der Waals surface area contributed by atoms with E-state index >= 15 is 0 Å². The number of halogens is 4. The summed E-state index contributed by atoms with van der Waals surface area (Å²) in [5.74, 6) is -0.582. The number of hydrogen-bond donors (Lipinski definition) is 1. The van der Waals surface area contributed by atoms with E-state index in [0.717, 1.165) is 11.6 Å². The van der Waals surface area contributed by atoms with Crippen molar-refractivity contribution in [1.82, 2.24) is 14.6 Å². The number of alkyl halides is 3. The van der Waals surface area contributed by atoms with E-state index in [0.29, 0.717) is 36.0 Å². The summed E-state index contributed by atoms with van der Waals surface area (Å²) in [6.45, 7) is 2.12. The van der Waals surface area contributed by atoms with Crippen LogP contribution in [0.15, 0.2) is 52.7 Å². The van der Waals surface area contributed by atoms with Crippen LogP contribution in [-0.2, 0) is 22.7 Å². The lowest BCUT2D eigenvalue weighted by molar-refractivity contribution is -0.138. The van der Waals surface area contributed by atoms with Gasteiger partial charge in [-0.1, -0.05) is 35.9 Å². The third-order valence-corrected chi connectivity index (χ3v) is 9.41. The maximum Gasteiger partial charge on any atom is 0.416 e. The maximum absolute atomic E-state index is 13.2. The molecule has 0 radical (unpaired) electrons. The molecule has 1 saturated heterocycles. The number of hydrogen-bond acceptors (Lipinski definition) is 5. The minimum Gasteiger partial charge on any atom is -0.347 e. The van der Waals surface area contributed by atoms with Crippen molar-refractivity contribution in [3.05, 3.63) is 80.3 Å². The zero-order chi connectivity index (χ0) is 26.1. The molecule has 4 rings (SSSR count). The fourth-order valence-electron chi connectivity index (χ4n) is 4.02. The van der Waals surface area contributed by atoms with Crippen molar-refractivity contribution in [2.75, 3.05) is 13.1 Å². The molecule has 6 nitrogen and oxygen atoms in total. The Morgan fingerprint density at radius 2 is 1.89 bits per heavy atom. The second-order valence-corrected chi connectivity index (χ2v) is 11.7. The molecule has 36 heavy (non-hydrogen) atoms. The van der Waals surface area contributed by atoms with E-state index in [2.05, 4.69) is 10.3 Å². The number of sulfonamides is 1. The summed E-state index contributed by atoms with van der Waals surface area (Å²) in [4.78, 5) is 17.1. The van der Waals surface area contributed by atoms with Gasteiger partial charge < -0.3 is 5.32 Å². The topological polar surface area (TPSA) is 79.4 Å². The summed E-state index contributed by atoms with van der Waals surface area (Å²) in [5, 5.41) is 5.16. The third-order valence-electron chi connectivity index (χ3n) is 6.10. The van der Waals surface area contributed by atoms with Crippen molar-refractivity contribution in [3.63, 3.8) is 0 Å². The number of aromatic nitrogens is 1. The van der Waals surface area contributed by atoms with E-state index in [9.17, 15) is 26.4 Å². The van der Waals surface area contributed by atoms with Crippen molar-refractivity contribution in [1.29, 1.82) is 0 Å². The van der Waals surface area contributed by atoms with Gasteiger partial charge in [0.05, 0.1) is 15.5 Å². The molecule has 1 amide bonds. The van der Waals surface area contributed by atoms with Gasteiger partial charge in [0.1, 0.15) is 5.69 Å². The Hall–Kier alpha value is -2.47. The van der Waals surface area contributed by atoms with Gasteiger partial charge in [-0.3, -0.25) is 4.79 Å². The highest BCUT2D eigenvalue weighted by Gasteiger charge is 2.33. The lowest BCUT2D eigenvalue weighted by Crippen LogP contribution is -2.37. The van der Waals surface area contributed by atoms with Crippen LogP contribution in [-0.4, -0.2) is 36.7 Å². The number of nitrogens with zero attached hydrogens (tertiary/aromatic N) is 2. The number of rotatable bonds is 6. The van der Waals surface area contributed by atoms with Crippen LogP contribution >= 0.6 is 22.9 Å². The molecule has 1 aromatic heterocycles. The number of aryl methyl sites for hydroxylation is 1. The second kappa shape index (κ2) is 10.5. The Bertz CT molecular complexity index is 1370. The van der Waals surface area contributed by atoms with E-state index in [-0.39, 0.29) is 28.6 Å². The summed E-state index contributed by atoms with van der Waals surface area (Å²) in [5.41, 5.74) is 0.0995. The normalized spacial score (nSPS) is 15.7. The number of benzene rings is 2. The summed E-state index contributed by atoms with van der Waals surface area (Å²) >= 11 is 7.39. The molecule has 0 bridgehead atoms. The van der Waals surface area contributed by atoms with Gasteiger partial charge >= 0.3 is 6.18 Å². The van der Waals surface area contributed by atoms with Gasteiger partial charge in [-0.15, -0.1) is 11.3 Å². The lowest BCUT2D eigenvalue weighted by atomic mass is 9.99. The molecule has 0 atom stereocenters. The number of amides is 1. The number of piperidine rings is 1. The smallest absolute Gasteiger partial charge is 0.347 e.